The van der Waals surface area contributed by atoms with Gasteiger partial charge in [0.2, 0.25) is 0 Å². The Hall–Kier alpha value is -0.610. The van der Waals surface area contributed by atoms with Crippen LogP contribution < -0.4 is 0 Å². The van der Waals surface area contributed by atoms with Crippen LogP contribution in [0.4, 0.5) is 0 Å². The first kappa shape index (κ1) is 10.9. The summed E-state index contributed by atoms with van der Waals surface area (Å²) >= 11 is 0. The Bertz CT molecular complexity index is 241. The van der Waals surface area contributed by atoms with Crippen LogP contribution in [0.15, 0.2) is 0 Å². The zero-order valence-corrected chi connectivity index (χ0v) is 9.02. The summed E-state index contributed by atoms with van der Waals surface area (Å²) in [6.07, 6.45) is 3.42. The number of ether oxygens (including phenoxy) is 2. The third-order valence-corrected chi connectivity index (χ3v) is 3.26. The fourth-order valence-electron chi connectivity index (χ4n) is 2.44. The molecule has 2 rings (SSSR count). The molecule has 0 amide bonds. The summed E-state index contributed by atoms with van der Waals surface area (Å²) in [4.78, 5) is 11.1. The van der Waals surface area contributed by atoms with Crippen LogP contribution in [0.5, 0.6) is 0 Å². The van der Waals surface area contributed by atoms with Gasteiger partial charge in [-0.15, -0.1) is 0 Å². The van der Waals surface area contributed by atoms with Crippen molar-refractivity contribution in [2.45, 2.75) is 57.5 Å². The number of hydrogen-bond donors (Lipinski definition) is 1. The van der Waals surface area contributed by atoms with Crippen LogP contribution in [0.3, 0.4) is 0 Å². The molecule has 2 fully saturated rings. The molecule has 4 atom stereocenters. The summed E-state index contributed by atoms with van der Waals surface area (Å²) in [5, 5.41) is 9.54. The molecule has 2 aliphatic rings. The van der Waals surface area contributed by atoms with E-state index in [1.54, 1.807) is 0 Å². The molecule has 2 aliphatic heterocycles. The minimum absolute atomic E-state index is 0.00278. The summed E-state index contributed by atoms with van der Waals surface area (Å²) in [6.45, 7) is 2.15. The molecule has 0 saturated carbocycles. The smallest absolute Gasteiger partial charge is 0.306 e. The highest BCUT2D eigenvalue weighted by Crippen LogP contribution is 2.38. The molecular formula is C11H18O4. The van der Waals surface area contributed by atoms with Gasteiger partial charge in [0.05, 0.1) is 12.5 Å². The molecule has 86 valence electrons. The second-order valence-corrected chi connectivity index (χ2v) is 4.38. The molecule has 4 heteroatoms. The normalized spacial score (nSPS) is 39.2. The van der Waals surface area contributed by atoms with E-state index in [1.165, 1.54) is 12.8 Å². The Morgan fingerprint density at radius 3 is 3.00 bits per heavy atom. The molecule has 15 heavy (non-hydrogen) atoms. The molecule has 0 spiro atoms. The molecule has 1 N–H and O–H groups in total. The third-order valence-electron chi connectivity index (χ3n) is 3.26. The Kier molecular flexibility index (Phi) is 3.26. The number of fused-ring (bicyclic) bond motifs is 1. The van der Waals surface area contributed by atoms with Crippen molar-refractivity contribution in [2.24, 2.45) is 5.92 Å². The molecule has 4 nitrogen and oxygen atoms in total. The third kappa shape index (κ3) is 2.16. The first-order valence-corrected chi connectivity index (χ1v) is 5.75. The van der Waals surface area contributed by atoms with Crippen LogP contribution in [-0.4, -0.2) is 29.6 Å². The van der Waals surface area contributed by atoms with Gasteiger partial charge in [0.25, 0.3) is 0 Å². The second-order valence-electron chi connectivity index (χ2n) is 4.38. The van der Waals surface area contributed by atoms with E-state index in [2.05, 4.69) is 6.92 Å². The van der Waals surface area contributed by atoms with E-state index >= 15 is 0 Å². The lowest BCUT2D eigenvalue weighted by Gasteiger charge is -2.13. The highest BCUT2D eigenvalue weighted by molar-refractivity contribution is 5.72. The summed E-state index contributed by atoms with van der Waals surface area (Å²) in [5.74, 6) is -0.128. The first-order valence-electron chi connectivity index (χ1n) is 5.75. The summed E-state index contributed by atoms with van der Waals surface area (Å²) in [5.41, 5.74) is 0. The Labute approximate surface area is 89.6 Å². The second kappa shape index (κ2) is 4.49. The lowest BCUT2D eigenvalue weighted by atomic mass is 9.93. The van der Waals surface area contributed by atoms with E-state index in [0.717, 1.165) is 12.8 Å². The molecule has 0 radical (unpaired) electrons. The van der Waals surface area contributed by atoms with E-state index in [0.29, 0.717) is 6.42 Å². The maximum Gasteiger partial charge on any atom is 0.306 e. The maximum absolute atomic E-state index is 11.1. The molecule has 0 aromatic heterocycles. The van der Waals surface area contributed by atoms with Crippen molar-refractivity contribution in [3.05, 3.63) is 0 Å². The van der Waals surface area contributed by atoms with E-state index in [-0.39, 0.29) is 18.0 Å². The van der Waals surface area contributed by atoms with E-state index < -0.39 is 12.4 Å². The number of esters is 1. The Morgan fingerprint density at radius 1 is 1.47 bits per heavy atom. The van der Waals surface area contributed by atoms with Crippen molar-refractivity contribution in [1.82, 2.24) is 0 Å². The summed E-state index contributed by atoms with van der Waals surface area (Å²) in [6, 6.07) is 0. The van der Waals surface area contributed by atoms with Gasteiger partial charge >= 0.3 is 5.97 Å². The zero-order valence-electron chi connectivity index (χ0n) is 9.02. The highest BCUT2D eigenvalue weighted by atomic mass is 16.7. The van der Waals surface area contributed by atoms with Crippen LogP contribution >= 0.6 is 0 Å². The van der Waals surface area contributed by atoms with Crippen LogP contribution in [0, 0.1) is 5.92 Å². The van der Waals surface area contributed by atoms with Crippen molar-refractivity contribution in [2.75, 3.05) is 0 Å². The van der Waals surface area contributed by atoms with Crippen molar-refractivity contribution >= 4 is 5.97 Å². The summed E-state index contributed by atoms with van der Waals surface area (Å²) < 4.78 is 10.4. The van der Waals surface area contributed by atoms with Crippen molar-refractivity contribution < 1.29 is 19.4 Å². The molecule has 0 bridgehead atoms. The van der Waals surface area contributed by atoms with Crippen LogP contribution in [-0.2, 0) is 14.3 Å². The van der Waals surface area contributed by atoms with Crippen molar-refractivity contribution in [3.8, 4) is 0 Å². The molecule has 0 aromatic carbocycles. The monoisotopic (exact) mass is 214 g/mol. The number of aliphatic hydroxyl groups excluding tert-OH is 1. The number of aliphatic hydroxyl groups is 1. The number of hydrogen-bond acceptors (Lipinski definition) is 4. The molecule has 0 aromatic rings. The molecule has 0 aliphatic carbocycles. The molecular weight excluding hydrogens is 196 g/mol. The number of unbranched alkanes of at least 4 members (excludes halogenated alkanes) is 2. The van der Waals surface area contributed by atoms with E-state index in [1.807, 2.05) is 0 Å². The number of carbonyl (C=O) groups excluding carboxylic acids is 1. The fourth-order valence-corrected chi connectivity index (χ4v) is 2.44. The van der Waals surface area contributed by atoms with Crippen molar-refractivity contribution in [3.63, 3.8) is 0 Å². The van der Waals surface area contributed by atoms with Gasteiger partial charge in [-0.2, -0.15) is 0 Å². The molecule has 0 unspecified atom stereocenters. The van der Waals surface area contributed by atoms with Crippen molar-refractivity contribution in [1.29, 1.82) is 0 Å². The van der Waals surface area contributed by atoms with Gasteiger partial charge in [0, 0.05) is 5.92 Å². The molecule has 2 heterocycles. The Morgan fingerprint density at radius 2 is 2.27 bits per heavy atom. The lowest BCUT2D eigenvalue weighted by Crippen LogP contribution is -2.24. The molecule has 2 saturated heterocycles. The zero-order chi connectivity index (χ0) is 10.8. The van der Waals surface area contributed by atoms with Crippen LogP contribution in [0.1, 0.15) is 39.0 Å². The van der Waals surface area contributed by atoms with Gasteiger partial charge in [0.1, 0.15) is 0 Å². The largest absolute Gasteiger partial charge is 0.457 e. The minimum atomic E-state index is -0.909. The topological polar surface area (TPSA) is 55.8 Å². The van der Waals surface area contributed by atoms with Gasteiger partial charge in [-0.1, -0.05) is 26.2 Å². The SMILES string of the molecule is CCCCC[C@H]1O[C@@H](O)[C@@H]2OC(=O)C[C@@H]21. The van der Waals surface area contributed by atoms with Crippen LogP contribution in [0.2, 0.25) is 0 Å². The number of rotatable bonds is 4. The lowest BCUT2D eigenvalue weighted by molar-refractivity contribution is -0.165. The van der Waals surface area contributed by atoms with E-state index in [4.69, 9.17) is 9.47 Å². The van der Waals surface area contributed by atoms with Gasteiger partial charge in [-0.3, -0.25) is 4.79 Å². The average Bonchev–Trinajstić information content (AvgIpc) is 2.69. The van der Waals surface area contributed by atoms with Gasteiger partial charge in [-0.05, 0) is 6.42 Å². The average molecular weight is 214 g/mol. The first-order chi connectivity index (χ1) is 7.22. The predicted octanol–water partition coefficient (Wildman–Crippen LogP) is 1.22. The fraction of sp³-hybridized carbons (Fsp3) is 0.909. The Balaban J connectivity index is 1.88. The van der Waals surface area contributed by atoms with Gasteiger partial charge in [-0.25, -0.2) is 0 Å². The quantitative estimate of drug-likeness (QED) is 0.564. The highest BCUT2D eigenvalue weighted by Gasteiger charge is 2.50. The maximum atomic E-state index is 11.1. The predicted molar refractivity (Wildman–Crippen MR) is 53.0 cm³/mol. The summed E-state index contributed by atoms with van der Waals surface area (Å²) in [7, 11) is 0. The number of carbonyl (C=O) groups is 1. The minimum Gasteiger partial charge on any atom is -0.457 e. The van der Waals surface area contributed by atoms with Crippen LogP contribution in [0.25, 0.3) is 0 Å². The van der Waals surface area contributed by atoms with Gasteiger partial charge < -0.3 is 14.6 Å². The van der Waals surface area contributed by atoms with Gasteiger partial charge in [0.15, 0.2) is 12.4 Å². The van der Waals surface area contributed by atoms with E-state index in [9.17, 15) is 9.90 Å². The standard InChI is InChI=1S/C11H18O4/c1-2-3-4-5-8-7-6-9(12)15-10(7)11(13)14-8/h7-8,10-11,13H,2-6H2,1H3/t7-,8-,10-,11-/m1/s1.